The Morgan fingerprint density at radius 2 is 1.91 bits per heavy atom. The number of aromatic nitrogens is 1. The van der Waals surface area contributed by atoms with Crippen LogP contribution in [0.2, 0.25) is 0 Å². The Hall–Kier alpha value is -2.66. The van der Waals surface area contributed by atoms with E-state index in [0.717, 1.165) is 34.3 Å². The first-order chi connectivity index (χ1) is 10.7. The van der Waals surface area contributed by atoms with Crippen molar-refractivity contribution in [1.82, 2.24) is 4.57 Å². The second kappa shape index (κ2) is 5.61. The molecule has 0 amide bonds. The Kier molecular flexibility index (Phi) is 3.65. The number of aryl methyl sites for hydroxylation is 1. The molecular weight excluding hydrogens is 278 g/mol. The summed E-state index contributed by atoms with van der Waals surface area (Å²) in [6.07, 6.45) is 0. The average Bonchev–Trinajstić information content (AvgIpc) is 2.87. The van der Waals surface area contributed by atoms with Crippen LogP contribution in [0.5, 0.6) is 0 Å². The molecule has 1 heterocycles. The van der Waals surface area contributed by atoms with Crippen LogP contribution < -0.4 is 5.73 Å². The SMILES string of the molecule is CCn1c(CN)c(-c2ccccc2)c2cc([N+](=O)[O-])ccc21. The van der Waals surface area contributed by atoms with Gasteiger partial charge in [-0.15, -0.1) is 0 Å². The summed E-state index contributed by atoms with van der Waals surface area (Å²) in [5.74, 6) is 0. The number of nitro groups is 1. The summed E-state index contributed by atoms with van der Waals surface area (Å²) in [6.45, 7) is 3.21. The molecule has 5 nitrogen and oxygen atoms in total. The summed E-state index contributed by atoms with van der Waals surface area (Å²) in [5, 5.41) is 12.0. The molecule has 0 spiro atoms. The fourth-order valence-electron chi connectivity index (χ4n) is 3.01. The van der Waals surface area contributed by atoms with Crippen molar-refractivity contribution in [1.29, 1.82) is 0 Å². The Balaban J connectivity index is 2.41. The highest BCUT2D eigenvalue weighted by atomic mass is 16.6. The molecule has 3 rings (SSSR count). The van der Waals surface area contributed by atoms with E-state index in [1.54, 1.807) is 12.1 Å². The quantitative estimate of drug-likeness (QED) is 0.589. The largest absolute Gasteiger partial charge is 0.343 e. The molecule has 112 valence electrons. The number of rotatable bonds is 4. The van der Waals surface area contributed by atoms with E-state index >= 15 is 0 Å². The summed E-state index contributed by atoms with van der Waals surface area (Å²) < 4.78 is 2.13. The number of hydrogen-bond donors (Lipinski definition) is 1. The van der Waals surface area contributed by atoms with E-state index in [1.807, 2.05) is 36.4 Å². The summed E-state index contributed by atoms with van der Waals surface area (Å²) in [4.78, 5) is 10.7. The van der Waals surface area contributed by atoms with Crippen molar-refractivity contribution in [3.8, 4) is 11.1 Å². The highest BCUT2D eigenvalue weighted by molar-refractivity contribution is 5.99. The van der Waals surface area contributed by atoms with E-state index < -0.39 is 0 Å². The first-order valence-electron chi connectivity index (χ1n) is 7.22. The maximum atomic E-state index is 11.1. The van der Waals surface area contributed by atoms with Crippen LogP contribution in [0.15, 0.2) is 48.5 Å². The third-order valence-corrected chi connectivity index (χ3v) is 3.94. The standard InChI is InChI=1S/C17H17N3O2/c1-2-19-15-9-8-13(20(21)22)10-14(15)17(16(19)11-18)12-6-4-3-5-7-12/h3-10H,2,11,18H2,1H3. The zero-order valence-electron chi connectivity index (χ0n) is 12.3. The first kappa shape index (κ1) is 14.3. The number of hydrogen-bond acceptors (Lipinski definition) is 3. The maximum absolute atomic E-state index is 11.1. The molecule has 0 atom stereocenters. The third kappa shape index (κ3) is 2.16. The minimum Gasteiger partial charge on any atom is -0.343 e. The number of nitrogens with zero attached hydrogens (tertiary/aromatic N) is 2. The van der Waals surface area contributed by atoms with Crippen molar-refractivity contribution in [3.63, 3.8) is 0 Å². The van der Waals surface area contributed by atoms with Gasteiger partial charge in [0.1, 0.15) is 0 Å². The molecule has 2 aromatic carbocycles. The van der Waals surface area contributed by atoms with Crippen LogP contribution in [0.4, 0.5) is 5.69 Å². The fraction of sp³-hybridized carbons (Fsp3) is 0.176. The molecule has 3 aromatic rings. The first-order valence-corrected chi connectivity index (χ1v) is 7.22. The predicted octanol–water partition coefficient (Wildman–Crippen LogP) is 3.70. The summed E-state index contributed by atoms with van der Waals surface area (Å²) in [7, 11) is 0. The normalized spacial score (nSPS) is 11.0. The van der Waals surface area contributed by atoms with E-state index in [0.29, 0.717) is 6.54 Å². The van der Waals surface area contributed by atoms with Crippen molar-refractivity contribution in [3.05, 3.63) is 64.3 Å². The van der Waals surface area contributed by atoms with E-state index in [2.05, 4.69) is 11.5 Å². The lowest BCUT2D eigenvalue weighted by molar-refractivity contribution is -0.384. The highest BCUT2D eigenvalue weighted by Crippen LogP contribution is 2.36. The van der Waals surface area contributed by atoms with Gasteiger partial charge in [0.25, 0.3) is 5.69 Å². The van der Waals surface area contributed by atoms with Gasteiger partial charge in [0.2, 0.25) is 0 Å². The van der Waals surface area contributed by atoms with Gasteiger partial charge in [0.15, 0.2) is 0 Å². The molecule has 0 fully saturated rings. The van der Waals surface area contributed by atoms with Gasteiger partial charge in [-0.1, -0.05) is 30.3 Å². The van der Waals surface area contributed by atoms with Crippen LogP contribution >= 0.6 is 0 Å². The van der Waals surface area contributed by atoms with E-state index in [9.17, 15) is 10.1 Å². The topological polar surface area (TPSA) is 74.1 Å². The van der Waals surface area contributed by atoms with Gasteiger partial charge >= 0.3 is 0 Å². The highest BCUT2D eigenvalue weighted by Gasteiger charge is 2.19. The van der Waals surface area contributed by atoms with Crippen LogP contribution in [0.3, 0.4) is 0 Å². The predicted molar refractivity (Wildman–Crippen MR) is 87.6 cm³/mol. The van der Waals surface area contributed by atoms with Gasteiger partial charge in [-0.3, -0.25) is 10.1 Å². The van der Waals surface area contributed by atoms with Crippen molar-refractivity contribution in [2.45, 2.75) is 20.0 Å². The van der Waals surface area contributed by atoms with Gasteiger partial charge in [-0.2, -0.15) is 0 Å². The monoisotopic (exact) mass is 295 g/mol. The third-order valence-electron chi connectivity index (χ3n) is 3.94. The summed E-state index contributed by atoms with van der Waals surface area (Å²) in [6, 6.07) is 14.9. The minimum absolute atomic E-state index is 0.0986. The second-order valence-corrected chi connectivity index (χ2v) is 5.09. The smallest absolute Gasteiger partial charge is 0.270 e. The zero-order valence-corrected chi connectivity index (χ0v) is 12.3. The molecule has 5 heteroatoms. The van der Waals surface area contributed by atoms with Gasteiger partial charge < -0.3 is 10.3 Å². The molecule has 22 heavy (non-hydrogen) atoms. The molecule has 0 aliphatic carbocycles. The van der Waals surface area contributed by atoms with Crippen LogP contribution in [-0.2, 0) is 13.1 Å². The number of nitrogens with two attached hydrogens (primary N) is 1. The van der Waals surface area contributed by atoms with Crippen molar-refractivity contribution in [2.75, 3.05) is 0 Å². The molecule has 0 unspecified atom stereocenters. The maximum Gasteiger partial charge on any atom is 0.270 e. The van der Waals surface area contributed by atoms with Crippen molar-refractivity contribution in [2.24, 2.45) is 5.73 Å². The number of nitro benzene ring substituents is 1. The van der Waals surface area contributed by atoms with Crippen LogP contribution in [0, 0.1) is 10.1 Å². The molecular formula is C17H17N3O2. The molecule has 0 aliphatic rings. The van der Waals surface area contributed by atoms with Crippen LogP contribution in [-0.4, -0.2) is 9.49 Å². The minimum atomic E-state index is -0.361. The molecule has 0 saturated heterocycles. The second-order valence-electron chi connectivity index (χ2n) is 5.09. The number of benzene rings is 2. The lowest BCUT2D eigenvalue weighted by atomic mass is 10.0. The van der Waals surface area contributed by atoms with Crippen molar-refractivity contribution >= 4 is 16.6 Å². The average molecular weight is 295 g/mol. The van der Waals surface area contributed by atoms with Crippen molar-refractivity contribution < 1.29 is 4.92 Å². The number of non-ortho nitro benzene ring substituents is 1. The molecule has 0 aliphatic heterocycles. The summed E-state index contributed by atoms with van der Waals surface area (Å²) in [5.41, 5.74) is 10.1. The molecule has 2 N–H and O–H groups in total. The van der Waals surface area contributed by atoms with Crippen LogP contribution in [0.1, 0.15) is 12.6 Å². The Morgan fingerprint density at radius 1 is 1.18 bits per heavy atom. The Bertz CT molecular complexity index is 838. The van der Waals surface area contributed by atoms with Gasteiger partial charge in [0, 0.05) is 47.4 Å². The number of fused-ring (bicyclic) bond motifs is 1. The molecule has 0 radical (unpaired) electrons. The molecule has 1 aromatic heterocycles. The molecule has 0 saturated carbocycles. The fourth-order valence-corrected chi connectivity index (χ4v) is 3.01. The van der Waals surface area contributed by atoms with Crippen LogP contribution in [0.25, 0.3) is 22.0 Å². The van der Waals surface area contributed by atoms with Gasteiger partial charge in [0.05, 0.1) is 4.92 Å². The lowest BCUT2D eigenvalue weighted by Crippen LogP contribution is -2.06. The summed E-state index contributed by atoms with van der Waals surface area (Å²) >= 11 is 0. The van der Waals surface area contributed by atoms with Gasteiger partial charge in [-0.05, 0) is 18.6 Å². The molecule has 0 bridgehead atoms. The lowest BCUT2D eigenvalue weighted by Gasteiger charge is -2.08. The zero-order chi connectivity index (χ0) is 15.7. The Morgan fingerprint density at radius 3 is 2.50 bits per heavy atom. The van der Waals surface area contributed by atoms with E-state index in [4.69, 9.17) is 5.73 Å². The van der Waals surface area contributed by atoms with E-state index in [-0.39, 0.29) is 10.6 Å². The Labute approximate surface area is 128 Å². The van der Waals surface area contributed by atoms with E-state index in [1.165, 1.54) is 0 Å². The van der Waals surface area contributed by atoms with Gasteiger partial charge in [-0.25, -0.2) is 0 Å².